The number of nitro benzene ring substituents is 1. The van der Waals surface area contributed by atoms with Crippen LogP contribution >= 0.6 is 0 Å². The molecule has 0 spiro atoms. The van der Waals surface area contributed by atoms with E-state index < -0.39 is 4.92 Å². The molecule has 1 aliphatic rings. The molecule has 1 saturated carbocycles. The van der Waals surface area contributed by atoms with Gasteiger partial charge in [0.2, 0.25) is 0 Å². The van der Waals surface area contributed by atoms with Gasteiger partial charge in [0.05, 0.1) is 4.92 Å². The van der Waals surface area contributed by atoms with Crippen LogP contribution in [0, 0.1) is 17.0 Å². The van der Waals surface area contributed by atoms with Gasteiger partial charge in [0, 0.05) is 48.2 Å². The second-order valence-electron chi connectivity index (χ2n) is 5.33. The molecule has 0 saturated heterocycles. The maximum Gasteiger partial charge on any atom is 0.270 e. The Hall–Kier alpha value is -2.34. The molecule has 0 aliphatic heterocycles. The Kier molecular flexibility index (Phi) is 3.62. The third-order valence-electron chi connectivity index (χ3n) is 3.55. The number of hydrogen-bond acceptors (Lipinski definition) is 5. The zero-order valence-corrected chi connectivity index (χ0v) is 11.7. The monoisotopic (exact) mass is 284 g/mol. The average Bonchev–Trinajstić information content (AvgIpc) is 3.30. The minimum atomic E-state index is -0.406. The number of rotatable bonds is 5. The quantitative estimate of drug-likeness (QED) is 0.674. The normalized spacial score (nSPS) is 14.1. The van der Waals surface area contributed by atoms with E-state index in [-0.39, 0.29) is 5.69 Å². The van der Waals surface area contributed by atoms with E-state index in [1.54, 1.807) is 18.5 Å². The summed E-state index contributed by atoms with van der Waals surface area (Å²) in [7, 11) is 0. The Labute approximate surface area is 122 Å². The fourth-order valence-corrected chi connectivity index (χ4v) is 2.10. The van der Waals surface area contributed by atoms with Crippen molar-refractivity contribution in [3.05, 3.63) is 51.8 Å². The SMILES string of the molecule is Cc1ccc([N+](=O)[O-])cc1-c1ncc(CNC2CC2)cn1. The van der Waals surface area contributed by atoms with Crippen LogP contribution < -0.4 is 5.32 Å². The van der Waals surface area contributed by atoms with Crippen molar-refractivity contribution < 1.29 is 4.92 Å². The molecule has 1 aliphatic carbocycles. The Bertz CT molecular complexity index is 666. The topological polar surface area (TPSA) is 81.0 Å². The van der Waals surface area contributed by atoms with Crippen molar-refractivity contribution in [2.75, 3.05) is 0 Å². The standard InChI is InChI=1S/C15H16N4O2/c1-10-2-5-13(19(20)21)6-14(10)15-17-8-11(9-18-15)7-16-12-3-4-12/h2,5-6,8-9,12,16H,3-4,7H2,1H3. The summed E-state index contributed by atoms with van der Waals surface area (Å²) < 4.78 is 0. The van der Waals surface area contributed by atoms with Gasteiger partial charge < -0.3 is 5.32 Å². The van der Waals surface area contributed by atoms with E-state index in [4.69, 9.17) is 0 Å². The molecule has 0 radical (unpaired) electrons. The Morgan fingerprint density at radius 2 is 2.05 bits per heavy atom. The molecule has 1 aromatic carbocycles. The van der Waals surface area contributed by atoms with Crippen LogP contribution in [0.5, 0.6) is 0 Å². The van der Waals surface area contributed by atoms with E-state index in [9.17, 15) is 10.1 Å². The maximum absolute atomic E-state index is 10.9. The predicted octanol–water partition coefficient (Wildman–Crippen LogP) is 2.61. The van der Waals surface area contributed by atoms with Gasteiger partial charge in [-0.25, -0.2) is 9.97 Å². The van der Waals surface area contributed by atoms with E-state index in [1.165, 1.54) is 25.0 Å². The summed E-state index contributed by atoms with van der Waals surface area (Å²) in [6, 6.07) is 5.38. The van der Waals surface area contributed by atoms with Crippen LogP contribution in [0.4, 0.5) is 5.69 Å². The van der Waals surface area contributed by atoms with Crippen LogP contribution in [0.1, 0.15) is 24.0 Å². The molecule has 0 unspecified atom stereocenters. The van der Waals surface area contributed by atoms with Gasteiger partial charge in [0.25, 0.3) is 5.69 Å². The molecule has 21 heavy (non-hydrogen) atoms. The van der Waals surface area contributed by atoms with Crippen LogP contribution in [-0.4, -0.2) is 20.9 Å². The fraction of sp³-hybridized carbons (Fsp3) is 0.333. The first kappa shape index (κ1) is 13.6. The van der Waals surface area contributed by atoms with Crippen molar-refractivity contribution in [2.24, 2.45) is 0 Å². The van der Waals surface area contributed by atoms with Crippen molar-refractivity contribution >= 4 is 5.69 Å². The lowest BCUT2D eigenvalue weighted by Gasteiger charge is -2.06. The first-order valence-corrected chi connectivity index (χ1v) is 6.93. The van der Waals surface area contributed by atoms with Crippen LogP contribution in [0.3, 0.4) is 0 Å². The molecule has 1 heterocycles. The smallest absolute Gasteiger partial charge is 0.270 e. The lowest BCUT2D eigenvalue weighted by atomic mass is 10.1. The summed E-state index contributed by atoms with van der Waals surface area (Å²) in [5.41, 5.74) is 2.70. The van der Waals surface area contributed by atoms with Crippen molar-refractivity contribution in [3.63, 3.8) is 0 Å². The number of aryl methyl sites for hydroxylation is 1. The summed E-state index contributed by atoms with van der Waals surface area (Å²) in [4.78, 5) is 19.1. The Morgan fingerprint density at radius 3 is 2.67 bits per heavy atom. The molecule has 1 fully saturated rings. The molecular formula is C15H16N4O2. The minimum absolute atomic E-state index is 0.0543. The third kappa shape index (κ3) is 3.22. The van der Waals surface area contributed by atoms with Gasteiger partial charge >= 0.3 is 0 Å². The van der Waals surface area contributed by atoms with Gasteiger partial charge in [-0.2, -0.15) is 0 Å². The molecular weight excluding hydrogens is 268 g/mol. The highest BCUT2D eigenvalue weighted by molar-refractivity contribution is 5.63. The first-order valence-electron chi connectivity index (χ1n) is 6.93. The summed E-state index contributed by atoms with van der Waals surface area (Å²) in [5.74, 6) is 0.520. The molecule has 6 nitrogen and oxygen atoms in total. The number of nitrogens with one attached hydrogen (secondary N) is 1. The molecule has 108 valence electrons. The molecule has 6 heteroatoms. The first-order chi connectivity index (χ1) is 10.1. The fourth-order valence-electron chi connectivity index (χ4n) is 2.10. The number of benzene rings is 1. The number of nitro groups is 1. The van der Waals surface area contributed by atoms with E-state index >= 15 is 0 Å². The number of non-ortho nitro benzene ring substituents is 1. The highest BCUT2D eigenvalue weighted by atomic mass is 16.6. The average molecular weight is 284 g/mol. The van der Waals surface area contributed by atoms with E-state index in [2.05, 4.69) is 15.3 Å². The number of hydrogen-bond donors (Lipinski definition) is 1. The zero-order chi connectivity index (χ0) is 14.8. The molecule has 1 N–H and O–H groups in total. The van der Waals surface area contributed by atoms with Crippen LogP contribution in [0.25, 0.3) is 11.4 Å². The van der Waals surface area contributed by atoms with Gasteiger partial charge in [-0.15, -0.1) is 0 Å². The predicted molar refractivity (Wildman–Crippen MR) is 78.7 cm³/mol. The summed E-state index contributed by atoms with van der Waals surface area (Å²) in [6.45, 7) is 2.66. The summed E-state index contributed by atoms with van der Waals surface area (Å²) in [6.07, 6.45) is 6.03. The van der Waals surface area contributed by atoms with E-state index in [0.29, 0.717) is 17.4 Å². The second-order valence-corrected chi connectivity index (χ2v) is 5.33. The zero-order valence-electron chi connectivity index (χ0n) is 11.7. The molecule has 0 amide bonds. The van der Waals surface area contributed by atoms with Gasteiger partial charge in [-0.1, -0.05) is 6.07 Å². The van der Waals surface area contributed by atoms with Crippen molar-refractivity contribution in [1.29, 1.82) is 0 Å². The van der Waals surface area contributed by atoms with Crippen molar-refractivity contribution in [1.82, 2.24) is 15.3 Å². The highest BCUT2D eigenvalue weighted by Gasteiger charge is 2.20. The van der Waals surface area contributed by atoms with Crippen LogP contribution in [0.15, 0.2) is 30.6 Å². The van der Waals surface area contributed by atoms with E-state index in [1.807, 2.05) is 6.92 Å². The van der Waals surface area contributed by atoms with Crippen LogP contribution in [0.2, 0.25) is 0 Å². The second kappa shape index (κ2) is 5.57. The number of aromatic nitrogens is 2. The lowest BCUT2D eigenvalue weighted by molar-refractivity contribution is -0.384. The van der Waals surface area contributed by atoms with Gasteiger partial charge in [0.15, 0.2) is 5.82 Å². The van der Waals surface area contributed by atoms with Crippen molar-refractivity contribution in [2.45, 2.75) is 32.4 Å². The Balaban J connectivity index is 1.82. The third-order valence-corrected chi connectivity index (χ3v) is 3.55. The van der Waals surface area contributed by atoms with Crippen molar-refractivity contribution in [3.8, 4) is 11.4 Å². The van der Waals surface area contributed by atoms with Crippen LogP contribution in [-0.2, 0) is 6.54 Å². The summed E-state index contributed by atoms with van der Waals surface area (Å²) in [5, 5.41) is 14.3. The highest BCUT2D eigenvalue weighted by Crippen LogP contribution is 2.25. The van der Waals surface area contributed by atoms with Gasteiger partial charge in [-0.05, 0) is 25.3 Å². The maximum atomic E-state index is 10.9. The van der Waals surface area contributed by atoms with Gasteiger partial charge in [0.1, 0.15) is 0 Å². The Morgan fingerprint density at radius 1 is 1.33 bits per heavy atom. The molecule has 0 bridgehead atoms. The molecule has 0 atom stereocenters. The van der Waals surface area contributed by atoms with Gasteiger partial charge in [-0.3, -0.25) is 10.1 Å². The lowest BCUT2D eigenvalue weighted by Crippen LogP contribution is -2.15. The molecule has 1 aromatic heterocycles. The largest absolute Gasteiger partial charge is 0.310 e. The molecule has 3 rings (SSSR count). The number of nitrogens with zero attached hydrogens (tertiary/aromatic N) is 3. The summed E-state index contributed by atoms with van der Waals surface area (Å²) >= 11 is 0. The minimum Gasteiger partial charge on any atom is -0.310 e. The molecule has 2 aromatic rings. The van der Waals surface area contributed by atoms with E-state index in [0.717, 1.165) is 17.7 Å².